The van der Waals surface area contributed by atoms with Gasteiger partial charge in [0.15, 0.2) is 0 Å². The Balaban J connectivity index is 1.72. The third-order valence-electron chi connectivity index (χ3n) is 5.88. The van der Waals surface area contributed by atoms with Gasteiger partial charge >= 0.3 is 0 Å². The van der Waals surface area contributed by atoms with Gasteiger partial charge in [-0.05, 0) is 38.7 Å². The van der Waals surface area contributed by atoms with E-state index >= 15 is 0 Å². The van der Waals surface area contributed by atoms with E-state index in [-0.39, 0.29) is 12.1 Å². The van der Waals surface area contributed by atoms with E-state index < -0.39 is 0 Å². The molecule has 164 valence electrons. The van der Waals surface area contributed by atoms with E-state index in [0.29, 0.717) is 31.4 Å². The molecule has 0 spiro atoms. The number of anilines is 1. The Kier molecular flexibility index (Phi) is 6.54. The third kappa shape index (κ3) is 4.73. The van der Waals surface area contributed by atoms with Crippen molar-refractivity contribution in [3.63, 3.8) is 0 Å². The molecular formula is C23H30N6O2. The van der Waals surface area contributed by atoms with Crippen LogP contribution in [-0.2, 0) is 11.3 Å². The van der Waals surface area contributed by atoms with Gasteiger partial charge in [-0.1, -0.05) is 0 Å². The highest BCUT2D eigenvalue weighted by atomic mass is 16.5. The summed E-state index contributed by atoms with van der Waals surface area (Å²) in [5, 5.41) is 22.5. The number of hydrogen-bond acceptors (Lipinski definition) is 6. The van der Waals surface area contributed by atoms with Crippen LogP contribution in [0.3, 0.4) is 0 Å². The van der Waals surface area contributed by atoms with Gasteiger partial charge in [-0.15, -0.1) is 17.4 Å². The summed E-state index contributed by atoms with van der Waals surface area (Å²) in [5.41, 5.74) is 4.18. The quantitative estimate of drug-likeness (QED) is 0.542. The van der Waals surface area contributed by atoms with E-state index in [1.165, 1.54) is 0 Å². The molecule has 0 saturated heterocycles. The van der Waals surface area contributed by atoms with Crippen LogP contribution in [0.2, 0.25) is 0 Å². The molecule has 1 fully saturated rings. The van der Waals surface area contributed by atoms with Crippen LogP contribution in [0.5, 0.6) is 0 Å². The Hall–Kier alpha value is -2.89. The second-order valence-electron chi connectivity index (χ2n) is 8.31. The number of hydrogen-bond donors (Lipinski definition) is 2. The van der Waals surface area contributed by atoms with Crippen molar-refractivity contribution >= 4 is 11.5 Å². The summed E-state index contributed by atoms with van der Waals surface area (Å²) in [6.07, 6.45) is 15.1. The van der Waals surface area contributed by atoms with Crippen molar-refractivity contribution in [3.8, 4) is 23.5 Å². The molecule has 8 nitrogen and oxygen atoms in total. The standard InChI is InChI=1S/C23H30N6O2/c1-4-5-10-28-14-18(12-25-28)20-11-21(17-6-8-19(30)9-7-17)29-22(20)13-24-23(27-29)26-16(2)15-31-3/h1,11-14,16-17,19,30H,5-10,15H2,2-3H3,(H,26,27)/t16-,17?,19?/m0/s1. The van der Waals surface area contributed by atoms with Gasteiger partial charge < -0.3 is 15.2 Å². The summed E-state index contributed by atoms with van der Waals surface area (Å²) >= 11 is 0. The van der Waals surface area contributed by atoms with Crippen LogP contribution >= 0.6 is 0 Å². The molecule has 0 radical (unpaired) electrons. The molecule has 3 aromatic heterocycles. The molecule has 4 rings (SSSR count). The molecule has 0 bridgehead atoms. The summed E-state index contributed by atoms with van der Waals surface area (Å²) in [7, 11) is 1.68. The van der Waals surface area contributed by atoms with E-state index in [1.54, 1.807) is 7.11 Å². The lowest BCUT2D eigenvalue weighted by Crippen LogP contribution is -2.23. The molecule has 1 atom stereocenters. The molecular weight excluding hydrogens is 392 g/mol. The van der Waals surface area contributed by atoms with E-state index in [2.05, 4.69) is 27.4 Å². The Morgan fingerprint density at radius 3 is 2.87 bits per heavy atom. The maximum Gasteiger partial charge on any atom is 0.241 e. The number of ether oxygens (including phenoxy) is 1. The number of aromatic nitrogens is 5. The maximum atomic E-state index is 9.96. The second-order valence-corrected chi connectivity index (χ2v) is 8.31. The van der Waals surface area contributed by atoms with Crippen molar-refractivity contribution in [2.45, 2.75) is 63.6 Å². The van der Waals surface area contributed by atoms with Crippen LogP contribution in [0.15, 0.2) is 24.7 Å². The second kappa shape index (κ2) is 9.50. The normalized spacial score (nSPS) is 19.9. The van der Waals surface area contributed by atoms with Crippen molar-refractivity contribution in [1.29, 1.82) is 0 Å². The summed E-state index contributed by atoms with van der Waals surface area (Å²) in [5.74, 6) is 3.57. The minimum Gasteiger partial charge on any atom is -0.393 e. The van der Waals surface area contributed by atoms with Gasteiger partial charge in [0, 0.05) is 48.5 Å². The highest BCUT2D eigenvalue weighted by molar-refractivity contribution is 5.81. The van der Waals surface area contributed by atoms with E-state index in [9.17, 15) is 5.11 Å². The molecule has 0 aromatic carbocycles. The molecule has 3 aromatic rings. The molecule has 2 N–H and O–H groups in total. The first kappa shape index (κ1) is 21.3. The summed E-state index contributed by atoms with van der Waals surface area (Å²) < 4.78 is 9.09. The number of aryl methyl sites for hydroxylation is 1. The number of nitrogens with one attached hydrogen (secondary N) is 1. The van der Waals surface area contributed by atoms with Crippen molar-refractivity contribution in [1.82, 2.24) is 24.4 Å². The van der Waals surface area contributed by atoms with E-state index in [4.69, 9.17) is 16.3 Å². The number of fused-ring (bicyclic) bond motifs is 1. The maximum absolute atomic E-state index is 9.96. The van der Waals surface area contributed by atoms with Crippen molar-refractivity contribution < 1.29 is 9.84 Å². The summed E-state index contributed by atoms with van der Waals surface area (Å²) in [6.45, 7) is 3.30. The lowest BCUT2D eigenvalue weighted by atomic mass is 9.85. The van der Waals surface area contributed by atoms with Gasteiger partial charge in [0.25, 0.3) is 0 Å². The number of nitrogens with zero attached hydrogens (tertiary/aromatic N) is 5. The summed E-state index contributed by atoms with van der Waals surface area (Å²) in [6, 6.07) is 2.30. The zero-order valence-corrected chi connectivity index (χ0v) is 18.2. The highest BCUT2D eigenvalue weighted by Crippen LogP contribution is 2.37. The third-order valence-corrected chi connectivity index (χ3v) is 5.88. The molecule has 1 aliphatic carbocycles. The summed E-state index contributed by atoms with van der Waals surface area (Å²) in [4.78, 5) is 4.55. The van der Waals surface area contributed by atoms with E-state index in [0.717, 1.165) is 48.0 Å². The minimum absolute atomic E-state index is 0.0974. The van der Waals surface area contributed by atoms with Crippen LogP contribution in [0, 0.1) is 12.3 Å². The Morgan fingerprint density at radius 1 is 1.32 bits per heavy atom. The topological polar surface area (TPSA) is 89.5 Å². The van der Waals surface area contributed by atoms with Gasteiger partial charge in [-0.3, -0.25) is 4.68 Å². The smallest absolute Gasteiger partial charge is 0.241 e. The number of rotatable bonds is 8. The minimum atomic E-state index is -0.196. The van der Waals surface area contributed by atoms with Gasteiger partial charge in [0.05, 0.1) is 37.2 Å². The molecule has 8 heteroatoms. The van der Waals surface area contributed by atoms with Crippen LogP contribution in [-0.4, -0.2) is 55.3 Å². The largest absolute Gasteiger partial charge is 0.393 e. The first-order chi connectivity index (χ1) is 15.1. The number of aliphatic hydroxyl groups excluding tert-OH is 1. The van der Waals surface area contributed by atoms with E-state index in [1.807, 2.05) is 34.7 Å². The average Bonchev–Trinajstić information content (AvgIpc) is 3.37. The lowest BCUT2D eigenvalue weighted by Gasteiger charge is -2.25. The first-order valence-electron chi connectivity index (χ1n) is 10.9. The van der Waals surface area contributed by atoms with Gasteiger partial charge in [0.2, 0.25) is 5.95 Å². The van der Waals surface area contributed by atoms with Crippen LogP contribution in [0.4, 0.5) is 5.95 Å². The number of methoxy groups -OCH3 is 1. The fourth-order valence-corrected chi connectivity index (χ4v) is 4.29. The van der Waals surface area contributed by atoms with Gasteiger partial charge in [-0.2, -0.15) is 5.10 Å². The molecule has 1 saturated carbocycles. The van der Waals surface area contributed by atoms with Crippen LogP contribution in [0.25, 0.3) is 16.6 Å². The molecule has 0 unspecified atom stereocenters. The Morgan fingerprint density at radius 2 is 2.13 bits per heavy atom. The van der Waals surface area contributed by atoms with Crippen LogP contribution < -0.4 is 5.32 Å². The van der Waals surface area contributed by atoms with Crippen molar-refractivity contribution in [3.05, 3.63) is 30.4 Å². The molecule has 0 aliphatic heterocycles. The molecule has 0 amide bonds. The lowest BCUT2D eigenvalue weighted by molar-refractivity contribution is 0.121. The average molecular weight is 423 g/mol. The SMILES string of the molecule is C#CCCn1cc(-c2cc(C3CCC(O)CC3)n3nc(N[C@@H](C)COC)ncc23)cn1. The predicted molar refractivity (Wildman–Crippen MR) is 120 cm³/mol. The number of aliphatic hydroxyl groups is 1. The van der Waals surface area contributed by atoms with Crippen LogP contribution in [0.1, 0.15) is 50.6 Å². The molecule has 3 heterocycles. The van der Waals surface area contributed by atoms with Gasteiger partial charge in [-0.25, -0.2) is 9.50 Å². The van der Waals surface area contributed by atoms with Crippen molar-refractivity contribution in [2.24, 2.45) is 0 Å². The monoisotopic (exact) mass is 422 g/mol. The fourth-order valence-electron chi connectivity index (χ4n) is 4.29. The first-order valence-corrected chi connectivity index (χ1v) is 10.9. The fraction of sp³-hybridized carbons (Fsp3) is 0.522. The number of terminal acetylenes is 1. The zero-order chi connectivity index (χ0) is 21.8. The Labute approximate surface area is 182 Å². The molecule has 31 heavy (non-hydrogen) atoms. The Bertz CT molecular complexity index is 1060. The predicted octanol–water partition coefficient (Wildman–Crippen LogP) is 3.08. The zero-order valence-electron chi connectivity index (χ0n) is 18.2. The molecule has 1 aliphatic rings. The highest BCUT2D eigenvalue weighted by Gasteiger charge is 2.26. The van der Waals surface area contributed by atoms with Gasteiger partial charge in [0.1, 0.15) is 0 Å². The van der Waals surface area contributed by atoms with Crippen molar-refractivity contribution in [2.75, 3.05) is 19.0 Å².